The summed E-state index contributed by atoms with van der Waals surface area (Å²) < 4.78 is 10.8. The first-order chi connectivity index (χ1) is 8.60. The third-order valence-corrected chi connectivity index (χ3v) is 7.58. The van der Waals surface area contributed by atoms with E-state index in [0.29, 0.717) is 0 Å². The van der Waals surface area contributed by atoms with Crippen LogP contribution in [-0.2, 0) is 14.0 Å². The van der Waals surface area contributed by atoms with Gasteiger partial charge in [0.25, 0.3) is 8.32 Å². The molecule has 19 heavy (non-hydrogen) atoms. The summed E-state index contributed by atoms with van der Waals surface area (Å²) in [4.78, 5) is 14.7. The van der Waals surface area contributed by atoms with E-state index >= 15 is 0 Å². The zero-order valence-corrected chi connectivity index (χ0v) is 13.9. The van der Waals surface area contributed by atoms with E-state index in [0.717, 1.165) is 0 Å². The zero-order valence-electron chi connectivity index (χ0n) is 12.9. The molecule has 6 heteroatoms. The molecule has 0 radical (unpaired) electrons. The molecule has 0 spiro atoms. The van der Waals surface area contributed by atoms with Crippen LogP contribution < -0.4 is 0 Å². The fraction of sp³-hybridized carbons (Fsp3) is 0.692. The first-order valence-electron chi connectivity index (χ1n) is 6.35. The Morgan fingerprint density at radius 1 is 1.37 bits per heavy atom. The SMILES string of the molecule is CC=C(O[Si](C)(C)C(C)(C)C)C(=[N+]=[N-])C(=O)OCC. The number of allylic oxidation sites excluding steroid dienone is 1. The van der Waals surface area contributed by atoms with Crippen molar-refractivity contribution in [3.05, 3.63) is 17.4 Å². The Morgan fingerprint density at radius 3 is 2.21 bits per heavy atom. The first kappa shape index (κ1) is 17.6. The summed E-state index contributed by atoms with van der Waals surface area (Å²) >= 11 is 0. The van der Waals surface area contributed by atoms with Crippen LogP contribution in [0.25, 0.3) is 5.53 Å². The van der Waals surface area contributed by atoms with Crippen molar-refractivity contribution in [2.45, 2.75) is 52.8 Å². The highest BCUT2D eigenvalue weighted by Gasteiger charge is 2.42. The minimum atomic E-state index is -2.10. The maximum Gasteiger partial charge on any atom is 0.438 e. The van der Waals surface area contributed by atoms with E-state index < -0.39 is 14.3 Å². The molecule has 5 nitrogen and oxygen atoms in total. The molecule has 0 aromatic carbocycles. The highest BCUT2D eigenvalue weighted by Crippen LogP contribution is 2.37. The summed E-state index contributed by atoms with van der Waals surface area (Å²) in [5.74, 6) is -0.413. The standard InChI is InChI=1S/C13H24N2O3Si/c1-8-10(11(15-14)12(16)17-9-2)18-19(6,7)13(3,4)5/h8H,9H2,1-7H3. The Morgan fingerprint density at radius 2 is 1.89 bits per heavy atom. The first-order valence-corrected chi connectivity index (χ1v) is 9.26. The predicted molar refractivity (Wildman–Crippen MR) is 77.3 cm³/mol. The van der Waals surface area contributed by atoms with E-state index in [1.807, 2.05) is 0 Å². The van der Waals surface area contributed by atoms with Gasteiger partial charge >= 0.3 is 11.7 Å². The third kappa shape index (κ3) is 4.65. The predicted octanol–water partition coefficient (Wildman–Crippen LogP) is 3.15. The molecule has 0 aliphatic heterocycles. The van der Waals surface area contributed by atoms with Crippen LogP contribution in [0.5, 0.6) is 0 Å². The lowest BCUT2D eigenvalue weighted by Crippen LogP contribution is -2.42. The van der Waals surface area contributed by atoms with Gasteiger partial charge in [-0.25, -0.2) is 4.79 Å². The average Bonchev–Trinajstić information content (AvgIpc) is 2.27. The Hall–Kier alpha value is -1.39. The van der Waals surface area contributed by atoms with Crippen LogP contribution in [0.2, 0.25) is 18.1 Å². The molecule has 0 aliphatic rings. The van der Waals surface area contributed by atoms with Crippen LogP contribution in [0.4, 0.5) is 0 Å². The molecule has 0 N–H and O–H groups in total. The van der Waals surface area contributed by atoms with Gasteiger partial charge in [0.1, 0.15) is 0 Å². The topological polar surface area (TPSA) is 71.9 Å². The van der Waals surface area contributed by atoms with Crippen molar-refractivity contribution < 1.29 is 18.7 Å². The lowest BCUT2D eigenvalue weighted by molar-refractivity contribution is -0.139. The van der Waals surface area contributed by atoms with Gasteiger partial charge in [0.05, 0.1) is 6.61 Å². The Labute approximate surface area is 116 Å². The molecule has 0 unspecified atom stereocenters. The summed E-state index contributed by atoms with van der Waals surface area (Å²) in [6.45, 7) is 14.0. The van der Waals surface area contributed by atoms with Gasteiger partial charge in [0.2, 0.25) is 0 Å². The lowest BCUT2D eigenvalue weighted by atomic mass is 10.2. The minimum Gasteiger partial charge on any atom is -0.538 e. The number of rotatable bonds is 5. The van der Waals surface area contributed by atoms with Crippen molar-refractivity contribution in [2.75, 3.05) is 6.61 Å². The molecule has 0 aromatic heterocycles. The van der Waals surface area contributed by atoms with Crippen molar-refractivity contribution in [1.82, 2.24) is 0 Å². The van der Waals surface area contributed by atoms with E-state index in [2.05, 4.69) is 38.7 Å². The van der Waals surface area contributed by atoms with Gasteiger partial charge in [-0.15, -0.1) is 0 Å². The molecule has 108 valence electrons. The smallest absolute Gasteiger partial charge is 0.438 e. The van der Waals surface area contributed by atoms with Crippen LogP contribution in [0.3, 0.4) is 0 Å². The van der Waals surface area contributed by atoms with Crippen LogP contribution in [-0.4, -0.2) is 31.4 Å². The number of hydrogen-bond acceptors (Lipinski definition) is 3. The fourth-order valence-electron chi connectivity index (χ4n) is 1.06. The Bertz CT molecular complexity index is 416. The molecule has 0 atom stereocenters. The molecule has 0 saturated carbocycles. The van der Waals surface area contributed by atoms with E-state index in [-0.39, 0.29) is 23.1 Å². The number of esters is 1. The molecule has 0 bridgehead atoms. The minimum absolute atomic E-state index is 0.0174. The molecule has 0 saturated heterocycles. The van der Waals surface area contributed by atoms with Crippen LogP contribution in [0.15, 0.2) is 11.8 Å². The number of hydrogen-bond donors (Lipinski definition) is 0. The summed E-state index contributed by atoms with van der Waals surface area (Å²) in [7, 11) is -2.10. The van der Waals surface area contributed by atoms with E-state index in [9.17, 15) is 4.79 Å². The van der Waals surface area contributed by atoms with E-state index in [1.54, 1.807) is 19.9 Å². The normalized spacial score (nSPS) is 12.7. The van der Waals surface area contributed by atoms with Crippen LogP contribution >= 0.6 is 0 Å². The molecule has 0 rings (SSSR count). The quantitative estimate of drug-likeness (QED) is 0.194. The van der Waals surface area contributed by atoms with Crippen LogP contribution in [0, 0.1) is 0 Å². The third-order valence-electron chi connectivity index (χ3n) is 3.24. The molecule has 0 fully saturated rings. The van der Waals surface area contributed by atoms with Gasteiger partial charge < -0.3 is 14.7 Å². The van der Waals surface area contributed by atoms with Crippen molar-refractivity contribution in [1.29, 1.82) is 0 Å². The molecule has 0 heterocycles. The van der Waals surface area contributed by atoms with E-state index in [1.165, 1.54) is 0 Å². The molecule has 0 amide bonds. The summed E-state index contributed by atoms with van der Waals surface area (Å²) in [6, 6.07) is 0. The molecular weight excluding hydrogens is 260 g/mol. The van der Waals surface area contributed by atoms with Gasteiger partial charge in [-0.05, 0) is 38.1 Å². The lowest BCUT2D eigenvalue weighted by Gasteiger charge is -2.36. The number of carbonyl (C=O) groups is 1. The molecule has 0 aliphatic carbocycles. The summed E-state index contributed by atoms with van der Waals surface area (Å²) in [5, 5.41) is -0.0174. The monoisotopic (exact) mass is 284 g/mol. The highest BCUT2D eigenvalue weighted by atomic mass is 28.4. The second-order valence-corrected chi connectivity index (χ2v) is 10.4. The van der Waals surface area contributed by atoms with Crippen LogP contribution in [0.1, 0.15) is 34.6 Å². The van der Waals surface area contributed by atoms with E-state index in [4.69, 9.17) is 14.7 Å². The largest absolute Gasteiger partial charge is 0.538 e. The second-order valence-electron chi connectivity index (χ2n) is 5.68. The van der Waals surface area contributed by atoms with Gasteiger partial charge in [0.15, 0.2) is 5.76 Å². The number of carbonyl (C=O) groups excluding carboxylic acids is 1. The van der Waals surface area contributed by atoms with Gasteiger partial charge in [-0.2, -0.15) is 4.79 Å². The fourth-order valence-corrected chi connectivity index (χ4v) is 2.13. The van der Waals surface area contributed by atoms with Crippen molar-refractivity contribution in [2.24, 2.45) is 0 Å². The zero-order chi connectivity index (χ0) is 15.3. The maximum atomic E-state index is 11.7. The molecule has 0 aromatic rings. The second kappa shape index (κ2) is 6.68. The highest BCUT2D eigenvalue weighted by molar-refractivity contribution is 6.74. The van der Waals surface area contributed by atoms with Gasteiger partial charge in [-0.1, -0.05) is 20.8 Å². The van der Waals surface area contributed by atoms with Crippen molar-refractivity contribution >= 4 is 20.0 Å². The summed E-state index contributed by atoms with van der Waals surface area (Å²) in [6.07, 6.45) is 1.62. The average molecular weight is 284 g/mol. The molecular formula is C13H24N2O3Si. The number of ether oxygens (including phenoxy) is 1. The summed E-state index contributed by atoms with van der Waals surface area (Å²) in [5.41, 5.74) is 8.82. The van der Waals surface area contributed by atoms with Gasteiger partial charge in [0, 0.05) is 0 Å². The Balaban J connectivity index is 5.27. The number of nitrogens with zero attached hydrogens (tertiary/aromatic N) is 2. The van der Waals surface area contributed by atoms with Crippen molar-refractivity contribution in [3.8, 4) is 0 Å². The van der Waals surface area contributed by atoms with Crippen molar-refractivity contribution in [3.63, 3.8) is 0 Å². The maximum absolute atomic E-state index is 11.7. The Kier molecular flexibility index (Phi) is 6.19. The van der Waals surface area contributed by atoms with Gasteiger partial charge in [-0.3, -0.25) is 0 Å².